The number of carboxylic acid groups (broad SMARTS) is 1. The summed E-state index contributed by atoms with van der Waals surface area (Å²) in [6.45, 7) is 19.5. The Balaban J connectivity index is 0.000000199. The number of hydrogen-bond acceptors (Lipinski definition) is 9. The highest BCUT2D eigenvalue weighted by molar-refractivity contribution is 5.95. The van der Waals surface area contributed by atoms with Gasteiger partial charge in [0, 0.05) is 68.7 Å². The number of nitrogens with zero attached hydrogens (tertiary/aromatic N) is 8. The second kappa shape index (κ2) is 23.0. The lowest BCUT2D eigenvalue weighted by Gasteiger charge is -2.30. The molecule has 8 aromatic rings. The molecule has 0 aliphatic carbocycles. The van der Waals surface area contributed by atoms with Crippen molar-refractivity contribution >= 4 is 45.6 Å². The number of carbonyl (C=O) groups excluding carboxylic acids is 3. The van der Waals surface area contributed by atoms with E-state index in [0.717, 1.165) is 104 Å². The number of amides is 2. The number of benzene rings is 6. The molecule has 2 atom stereocenters. The lowest BCUT2D eigenvalue weighted by molar-refractivity contribution is -0.137. The Kier molecular flexibility index (Phi) is 16.4. The summed E-state index contributed by atoms with van der Waals surface area (Å²) in [5, 5.41) is 36.6. The number of aliphatic carboxylic acids is 1. The number of aliphatic hydroxyl groups is 1. The average molecular weight is 1020 g/mol. The summed E-state index contributed by atoms with van der Waals surface area (Å²) in [7, 11) is 0. The van der Waals surface area contributed by atoms with Crippen LogP contribution in [0.3, 0.4) is 0 Å². The molecule has 0 radical (unpaired) electrons. The monoisotopic (exact) mass is 1020 g/mol. The van der Waals surface area contributed by atoms with Gasteiger partial charge >= 0.3 is 5.97 Å². The molecule has 6 aromatic carbocycles. The largest absolute Gasteiger partial charge is 0.481 e. The summed E-state index contributed by atoms with van der Waals surface area (Å²) in [4.78, 5) is 54.9. The molecule has 2 aliphatic rings. The van der Waals surface area contributed by atoms with Crippen LogP contribution in [0.25, 0.3) is 22.1 Å². The normalized spacial score (nSPS) is 13.8. The molecule has 0 spiro atoms. The zero-order valence-corrected chi connectivity index (χ0v) is 44.3. The molecule has 0 saturated heterocycles. The average Bonchev–Trinajstić information content (AvgIpc) is 4.06. The van der Waals surface area contributed by atoms with Crippen molar-refractivity contribution in [2.45, 2.75) is 127 Å². The van der Waals surface area contributed by atoms with Gasteiger partial charge in [-0.25, -0.2) is 9.36 Å². The Morgan fingerprint density at radius 1 is 0.539 bits per heavy atom. The number of hydrogen-bond donors (Lipinski definition) is 2. The number of aryl methyl sites for hydroxylation is 8. The van der Waals surface area contributed by atoms with Crippen LogP contribution >= 0.6 is 0 Å². The van der Waals surface area contributed by atoms with Crippen molar-refractivity contribution in [3.63, 3.8) is 0 Å². The molecule has 0 saturated carbocycles. The van der Waals surface area contributed by atoms with Crippen LogP contribution < -0.4 is 0 Å². The van der Waals surface area contributed by atoms with Gasteiger partial charge in [0.25, 0.3) is 11.8 Å². The van der Waals surface area contributed by atoms with Crippen molar-refractivity contribution in [3.05, 3.63) is 186 Å². The molecule has 14 nitrogen and oxygen atoms in total. The minimum atomic E-state index is -0.856. The fourth-order valence-electron chi connectivity index (χ4n) is 10.9. The van der Waals surface area contributed by atoms with Crippen LogP contribution in [0.15, 0.2) is 97.1 Å². The van der Waals surface area contributed by atoms with Crippen LogP contribution in [0.2, 0.25) is 0 Å². The molecule has 2 N–H and O–H groups in total. The number of ketones is 1. The Morgan fingerprint density at radius 2 is 0.974 bits per heavy atom. The van der Waals surface area contributed by atoms with E-state index in [1.54, 1.807) is 0 Å². The molecule has 76 heavy (non-hydrogen) atoms. The number of aliphatic hydroxyl groups excluding tert-OH is 1. The topological polar surface area (TPSA) is 177 Å². The number of carboxylic acids is 1. The molecular formula is C62H70N8O6. The smallest absolute Gasteiger partial charge is 0.304 e. The molecular weight excluding hydrogens is 953 g/mol. The maximum absolute atomic E-state index is 13.3. The fourth-order valence-corrected chi connectivity index (χ4v) is 10.9. The van der Waals surface area contributed by atoms with Crippen LogP contribution in [0.1, 0.15) is 145 Å². The van der Waals surface area contributed by atoms with E-state index < -0.39 is 12.6 Å². The van der Waals surface area contributed by atoms with E-state index in [1.165, 1.54) is 22.3 Å². The van der Waals surface area contributed by atoms with E-state index in [1.807, 2.05) is 135 Å². The van der Waals surface area contributed by atoms with Crippen molar-refractivity contribution < 1.29 is 29.4 Å². The van der Waals surface area contributed by atoms with E-state index in [2.05, 4.69) is 57.0 Å². The number of fused-ring (bicyclic) bond motifs is 4. The summed E-state index contributed by atoms with van der Waals surface area (Å²) in [6, 6.07) is 32.4. The van der Waals surface area contributed by atoms with Gasteiger partial charge < -0.3 is 20.0 Å². The summed E-state index contributed by atoms with van der Waals surface area (Å²) in [5.74, 6) is -1.56. The predicted octanol–water partition coefficient (Wildman–Crippen LogP) is 10.5. The molecule has 0 fully saturated rings. The van der Waals surface area contributed by atoms with E-state index >= 15 is 0 Å². The SMILES string of the molecule is C.CCn1nnc2c(C)c([C@@H](CC(=O)CO)c3ccc4c(c3)CN(C(=O)c3ccc(C)c(C)c3)CC4)ccc21.CCn1nnc2c(C)c([C@@H](CC(=O)O)c3ccc4c(c3)CN(C(=O)c3ccc(C)c(C)c3)CC4)ccc21. The molecule has 14 heteroatoms. The number of Topliss-reactive ketones (excluding diaryl/α,β-unsaturated/α-hetero) is 1. The first-order chi connectivity index (χ1) is 36.1. The molecule has 4 heterocycles. The first-order valence-electron chi connectivity index (χ1n) is 26.0. The third kappa shape index (κ3) is 11.0. The summed E-state index contributed by atoms with van der Waals surface area (Å²) in [5.41, 5.74) is 19.9. The number of carbonyl (C=O) groups is 4. The number of rotatable bonds is 13. The van der Waals surface area contributed by atoms with Gasteiger partial charge in [-0.1, -0.05) is 78.5 Å². The highest BCUT2D eigenvalue weighted by atomic mass is 16.4. The Bertz CT molecular complexity index is 3520. The van der Waals surface area contributed by atoms with Gasteiger partial charge in [0.2, 0.25) is 0 Å². The van der Waals surface area contributed by atoms with E-state index in [-0.39, 0.29) is 49.7 Å². The highest BCUT2D eigenvalue weighted by Crippen LogP contribution is 2.37. The maximum Gasteiger partial charge on any atom is 0.304 e. The van der Waals surface area contributed by atoms with Crippen molar-refractivity contribution in [1.82, 2.24) is 39.8 Å². The zero-order chi connectivity index (χ0) is 53.2. The number of aromatic nitrogens is 6. The van der Waals surface area contributed by atoms with Gasteiger partial charge in [-0.05, 0) is 183 Å². The minimum absolute atomic E-state index is 0. The van der Waals surface area contributed by atoms with Gasteiger partial charge in [0.1, 0.15) is 17.6 Å². The van der Waals surface area contributed by atoms with Gasteiger partial charge in [-0.15, -0.1) is 10.2 Å². The highest BCUT2D eigenvalue weighted by Gasteiger charge is 2.29. The van der Waals surface area contributed by atoms with Crippen LogP contribution in [0, 0.1) is 41.5 Å². The molecule has 10 rings (SSSR count). The van der Waals surface area contributed by atoms with Gasteiger partial charge in [0.15, 0.2) is 5.78 Å². The van der Waals surface area contributed by atoms with Crippen LogP contribution in [0.5, 0.6) is 0 Å². The van der Waals surface area contributed by atoms with Crippen LogP contribution in [-0.2, 0) is 48.6 Å². The van der Waals surface area contributed by atoms with Crippen LogP contribution in [-0.4, -0.2) is 93.3 Å². The van der Waals surface area contributed by atoms with E-state index in [0.29, 0.717) is 37.3 Å². The molecule has 2 amide bonds. The summed E-state index contributed by atoms with van der Waals surface area (Å²) >= 11 is 0. The molecule has 394 valence electrons. The lowest BCUT2D eigenvalue weighted by atomic mass is 9.82. The summed E-state index contributed by atoms with van der Waals surface area (Å²) in [6.07, 6.45) is 1.73. The van der Waals surface area contributed by atoms with Crippen molar-refractivity contribution in [2.75, 3.05) is 19.7 Å². The Labute approximate surface area is 445 Å². The standard InChI is InChI=1S/C31H34N4O3.C30H32N4O3.CH4/c1-5-35-29-11-10-27(21(4)30(29)32-33-35)28(16-26(37)18-36)23-9-8-22-12-13-34(17-25(22)15-23)31(38)24-7-6-19(2)20(3)14-24;1-5-34-27-11-10-25(20(4)29(27)31-32-34)26(16-28(35)36)22-9-8-21-12-13-33(17-24(21)15-22)30(37)23-7-6-18(2)19(3)14-23;/h6-11,14-15,28,36H,5,12-13,16-18H2,1-4H3;6-11,14-15,26H,5,12-13,16-17H2,1-4H3,(H,35,36);1H4/t28-;26-;/m00./s1. The van der Waals surface area contributed by atoms with Gasteiger partial charge in [0.05, 0.1) is 17.5 Å². The van der Waals surface area contributed by atoms with Crippen molar-refractivity contribution in [1.29, 1.82) is 0 Å². The molecule has 2 aromatic heterocycles. The first-order valence-corrected chi connectivity index (χ1v) is 26.0. The van der Waals surface area contributed by atoms with Gasteiger partial charge in [-0.3, -0.25) is 19.2 Å². The van der Waals surface area contributed by atoms with E-state index in [4.69, 9.17) is 0 Å². The lowest BCUT2D eigenvalue weighted by Crippen LogP contribution is -2.36. The molecule has 0 unspecified atom stereocenters. The first kappa shape index (κ1) is 54.4. The van der Waals surface area contributed by atoms with Crippen LogP contribution in [0.4, 0.5) is 0 Å². The van der Waals surface area contributed by atoms with Crippen molar-refractivity contribution in [3.8, 4) is 0 Å². The van der Waals surface area contributed by atoms with Crippen molar-refractivity contribution in [2.24, 2.45) is 0 Å². The maximum atomic E-state index is 13.3. The third-order valence-corrected chi connectivity index (χ3v) is 15.7. The second-order valence-corrected chi connectivity index (χ2v) is 20.3. The zero-order valence-electron chi connectivity index (χ0n) is 44.3. The minimum Gasteiger partial charge on any atom is -0.481 e. The molecule has 0 bridgehead atoms. The Morgan fingerprint density at radius 3 is 1.37 bits per heavy atom. The molecule has 2 aliphatic heterocycles. The van der Waals surface area contributed by atoms with E-state index in [9.17, 15) is 29.4 Å². The second-order valence-electron chi connectivity index (χ2n) is 20.3. The summed E-state index contributed by atoms with van der Waals surface area (Å²) < 4.78 is 3.71. The Hall–Kier alpha value is -7.84. The fraction of sp³-hybridized carbons (Fsp3) is 0.355. The van der Waals surface area contributed by atoms with Gasteiger partial charge in [-0.2, -0.15) is 0 Å². The third-order valence-electron chi connectivity index (χ3n) is 15.7. The quantitative estimate of drug-likeness (QED) is 0.113. The predicted molar refractivity (Wildman–Crippen MR) is 297 cm³/mol.